The molecule has 2 rings (SSSR count). The van der Waals surface area contributed by atoms with E-state index in [0.717, 1.165) is 12.1 Å². The summed E-state index contributed by atoms with van der Waals surface area (Å²) in [6, 6.07) is 1.80. The number of nitrogens with zero attached hydrogens (tertiary/aromatic N) is 2. The molecule has 1 aromatic rings. The average molecular weight is 264 g/mol. The van der Waals surface area contributed by atoms with Gasteiger partial charge in [0, 0.05) is 18.7 Å². The van der Waals surface area contributed by atoms with Crippen LogP contribution in [0.5, 0.6) is 0 Å². The number of nitrogens with one attached hydrogen (secondary N) is 2. The summed E-state index contributed by atoms with van der Waals surface area (Å²) in [5.41, 5.74) is 0.823. The van der Waals surface area contributed by atoms with E-state index < -0.39 is 6.04 Å². The minimum absolute atomic E-state index is 0.0458. The summed E-state index contributed by atoms with van der Waals surface area (Å²) in [6.07, 6.45) is 3.89. The second-order valence-corrected chi connectivity index (χ2v) is 5.11. The number of amides is 2. The Morgan fingerprint density at radius 3 is 3.05 bits per heavy atom. The third kappa shape index (κ3) is 3.56. The van der Waals surface area contributed by atoms with Crippen molar-refractivity contribution in [3.8, 4) is 0 Å². The first-order valence-electron chi connectivity index (χ1n) is 6.67. The molecule has 0 bridgehead atoms. The van der Waals surface area contributed by atoms with E-state index in [1.165, 1.54) is 0 Å². The van der Waals surface area contributed by atoms with Crippen LogP contribution in [0.4, 0.5) is 0 Å². The lowest BCUT2D eigenvalue weighted by Gasteiger charge is -2.22. The monoisotopic (exact) mass is 264 g/mol. The number of hydrogen-bond acceptors (Lipinski definition) is 3. The maximum absolute atomic E-state index is 11.9. The molecule has 1 aliphatic heterocycles. The van der Waals surface area contributed by atoms with Crippen LogP contribution in [0, 0.1) is 0 Å². The van der Waals surface area contributed by atoms with E-state index in [2.05, 4.69) is 15.7 Å². The van der Waals surface area contributed by atoms with Gasteiger partial charge in [-0.1, -0.05) is 0 Å². The van der Waals surface area contributed by atoms with Gasteiger partial charge in [0.15, 0.2) is 0 Å². The Morgan fingerprint density at radius 1 is 1.63 bits per heavy atom. The van der Waals surface area contributed by atoms with E-state index >= 15 is 0 Å². The second kappa shape index (κ2) is 5.86. The largest absolute Gasteiger partial charge is 0.349 e. The maximum atomic E-state index is 11.9. The molecule has 0 spiro atoms. The summed E-state index contributed by atoms with van der Waals surface area (Å²) in [6.45, 7) is 4.49. The van der Waals surface area contributed by atoms with Gasteiger partial charge in [-0.3, -0.25) is 14.3 Å². The SMILES string of the molecule is CC(C)n1ccc(CNC(=O)[C@H]2CCCC(=O)N2)n1. The molecule has 0 unspecified atom stereocenters. The Morgan fingerprint density at radius 2 is 2.42 bits per heavy atom. The molecule has 2 amide bonds. The molecule has 2 N–H and O–H groups in total. The van der Waals surface area contributed by atoms with Crippen LogP contribution < -0.4 is 10.6 Å². The molecule has 1 aliphatic rings. The predicted molar refractivity (Wildman–Crippen MR) is 70.2 cm³/mol. The van der Waals surface area contributed by atoms with E-state index in [1.54, 1.807) is 0 Å². The summed E-state index contributed by atoms with van der Waals surface area (Å²) in [5.74, 6) is -0.178. The molecule has 1 aromatic heterocycles. The van der Waals surface area contributed by atoms with Gasteiger partial charge in [-0.15, -0.1) is 0 Å². The number of piperidine rings is 1. The van der Waals surface area contributed by atoms with Crippen LogP contribution in [0.1, 0.15) is 44.8 Å². The van der Waals surface area contributed by atoms with Gasteiger partial charge in [0.1, 0.15) is 6.04 Å². The van der Waals surface area contributed by atoms with Crippen molar-refractivity contribution in [2.75, 3.05) is 0 Å². The highest BCUT2D eigenvalue weighted by Gasteiger charge is 2.24. The smallest absolute Gasteiger partial charge is 0.242 e. The van der Waals surface area contributed by atoms with Crippen LogP contribution in [0.25, 0.3) is 0 Å². The fraction of sp³-hybridized carbons (Fsp3) is 0.615. The average Bonchev–Trinajstić information content (AvgIpc) is 2.85. The predicted octanol–water partition coefficient (Wildman–Crippen LogP) is 0.749. The van der Waals surface area contributed by atoms with Crippen molar-refractivity contribution in [3.05, 3.63) is 18.0 Å². The third-order valence-corrected chi connectivity index (χ3v) is 3.18. The lowest BCUT2D eigenvalue weighted by Crippen LogP contribution is -2.48. The molecule has 0 aliphatic carbocycles. The Labute approximate surface area is 112 Å². The number of carbonyl (C=O) groups excluding carboxylic acids is 2. The van der Waals surface area contributed by atoms with Crippen molar-refractivity contribution < 1.29 is 9.59 Å². The molecular weight excluding hydrogens is 244 g/mol. The Hall–Kier alpha value is -1.85. The van der Waals surface area contributed by atoms with Gasteiger partial charge < -0.3 is 10.6 Å². The summed E-state index contributed by atoms with van der Waals surface area (Å²) in [4.78, 5) is 23.1. The third-order valence-electron chi connectivity index (χ3n) is 3.18. The Balaban J connectivity index is 1.84. The fourth-order valence-corrected chi connectivity index (χ4v) is 2.06. The van der Waals surface area contributed by atoms with Gasteiger partial charge >= 0.3 is 0 Å². The van der Waals surface area contributed by atoms with Gasteiger partial charge in [0.05, 0.1) is 12.2 Å². The lowest BCUT2D eigenvalue weighted by molar-refractivity contribution is -0.131. The van der Waals surface area contributed by atoms with Crippen LogP contribution in [-0.2, 0) is 16.1 Å². The molecule has 6 heteroatoms. The van der Waals surface area contributed by atoms with Crippen LogP contribution in [0.2, 0.25) is 0 Å². The fourth-order valence-electron chi connectivity index (χ4n) is 2.06. The van der Waals surface area contributed by atoms with Crippen LogP contribution in [0.3, 0.4) is 0 Å². The first kappa shape index (κ1) is 13.6. The summed E-state index contributed by atoms with van der Waals surface area (Å²) < 4.78 is 1.85. The quantitative estimate of drug-likeness (QED) is 0.842. The molecule has 1 fully saturated rings. The topological polar surface area (TPSA) is 76.0 Å². The highest BCUT2D eigenvalue weighted by atomic mass is 16.2. The van der Waals surface area contributed by atoms with E-state index in [9.17, 15) is 9.59 Å². The number of carbonyl (C=O) groups is 2. The first-order valence-corrected chi connectivity index (χ1v) is 6.67. The molecule has 1 saturated heterocycles. The van der Waals surface area contributed by atoms with E-state index in [-0.39, 0.29) is 11.8 Å². The molecular formula is C13H20N4O2. The number of hydrogen-bond donors (Lipinski definition) is 2. The van der Waals surface area contributed by atoms with Gasteiger partial charge in [-0.05, 0) is 32.8 Å². The summed E-state index contributed by atoms with van der Waals surface area (Å²) in [5, 5.41) is 9.87. The van der Waals surface area contributed by atoms with E-state index in [0.29, 0.717) is 25.4 Å². The molecule has 6 nitrogen and oxygen atoms in total. The molecule has 1 atom stereocenters. The van der Waals surface area contributed by atoms with Gasteiger partial charge in [-0.25, -0.2) is 0 Å². The van der Waals surface area contributed by atoms with Gasteiger partial charge in [0.25, 0.3) is 0 Å². The van der Waals surface area contributed by atoms with Crippen LogP contribution >= 0.6 is 0 Å². The minimum Gasteiger partial charge on any atom is -0.349 e. The molecule has 0 saturated carbocycles. The molecule has 0 aromatic carbocycles. The van der Waals surface area contributed by atoms with Crippen molar-refractivity contribution in [2.24, 2.45) is 0 Å². The highest BCUT2D eigenvalue weighted by molar-refractivity contribution is 5.88. The Kier molecular flexibility index (Phi) is 4.19. The molecule has 0 radical (unpaired) electrons. The van der Waals surface area contributed by atoms with Crippen LogP contribution in [0.15, 0.2) is 12.3 Å². The normalized spacial score (nSPS) is 19.3. The maximum Gasteiger partial charge on any atom is 0.242 e. The van der Waals surface area contributed by atoms with Crippen molar-refractivity contribution in [1.82, 2.24) is 20.4 Å². The Bertz CT molecular complexity index is 467. The summed E-state index contributed by atoms with van der Waals surface area (Å²) >= 11 is 0. The van der Waals surface area contributed by atoms with Gasteiger partial charge in [0.2, 0.25) is 11.8 Å². The molecule has 19 heavy (non-hydrogen) atoms. The van der Waals surface area contributed by atoms with Crippen molar-refractivity contribution >= 4 is 11.8 Å². The van der Waals surface area contributed by atoms with E-state index in [4.69, 9.17) is 0 Å². The molecule has 104 valence electrons. The standard InChI is InChI=1S/C13H20N4O2/c1-9(2)17-7-6-10(16-17)8-14-13(19)11-4-3-5-12(18)15-11/h6-7,9,11H,3-5,8H2,1-2H3,(H,14,19)(H,15,18)/t11-/m1/s1. The minimum atomic E-state index is -0.395. The van der Waals surface area contributed by atoms with Crippen molar-refractivity contribution in [3.63, 3.8) is 0 Å². The zero-order valence-corrected chi connectivity index (χ0v) is 11.3. The summed E-state index contributed by atoms with van der Waals surface area (Å²) in [7, 11) is 0. The zero-order valence-electron chi connectivity index (χ0n) is 11.3. The lowest BCUT2D eigenvalue weighted by atomic mass is 10.0. The highest BCUT2D eigenvalue weighted by Crippen LogP contribution is 2.08. The molecule has 2 heterocycles. The van der Waals surface area contributed by atoms with Crippen molar-refractivity contribution in [2.45, 2.75) is 51.7 Å². The van der Waals surface area contributed by atoms with Crippen LogP contribution in [-0.4, -0.2) is 27.6 Å². The van der Waals surface area contributed by atoms with E-state index in [1.807, 2.05) is 30.8 Å². The van der Waals surface area contributed by atoms with Gasteiger partial charge in [-0.2, -0.15) is 5.10 Å². The zero-order chi connectivity index (χ0) is 13.8. The first-order chi connectivity index (χ1) is 9.06. The second-order valence-electron chi connectivity index (χ2n) is 5.11. The number of aromatic nitrogens is 2. The van der Waals surface area contributed by atoms with Crippen molar-refractivity contribution in [1.29, 1.82) is 0 Å². The number of rotatable bonds is 4.